The fraction of sp³-hybridized carbons (Fsp3) is 0.500. The number of nitrogens with zero attached hydrogens (tertiary/aromatic N) is 3. The normalized spacial score (nSPS) is 18.0. The molecule has 0 spiro atoms. The molecule has 10 heteroatoms. The Kier molecular flexibility index (Phi) is 6.06. The number of anilines is 1. The van der Waals surface area contributed by atoms with E-state index in [2.05, 4.69) is 47.0 Å². The lowest BCUT2D eigenvalue weighted by Gasteiger charge is -2.41. The molecule has 2 aromatic rings. The third-order valence-electron chi connectivity index (χ3n) is 4.69. The standard InChI is InChI=1S/C18H20BrCl2FN4O2/c1-18(2,3)7-9-8-23-4-5-25(9)15-10-6-11(20)12(19)13(22)14(10)24-17(21)16(15)26(27)28/h6,9,23H,4-5,7-8H2,1-3H3. The first-order valence-corrected chi connectivity index (χ1v) is 10.3. The van der Waals surface area contributed by atoms with Gasteiger partial charge >= 0.3 is 5.69 Å². The molecule has 0 aliphatic carbocycles. The molecule has 0 bridgehead atoms. The van der Waals surface area contributed by atoms with Crippen LogP contribution < -0.4 is 10.2 Å². The number of halogens is 4. The first kappa shape index (κ1) is 21.5. The van der Waals surface area contributed by atoms with Crippen molar-refractivity contribution >= 4 is 61.4 Å². The molecular formula is C18H20BrCl2FN4O2. The minimum absolute atomic E-state index is 0.00469. The maximum absolute atomic E-state index is 14.8. The number of rotatable bonds is 3. The first-order valence-electron chi connectivity index (χ1n) is 8.79. The van der Waals surface area contributed by atoms with E-state index in [1.807, 2.05) is 4.90 Å². The number of nitrogens with one attached hydrogen (secondary N) is 1. The van der Waals surface area contributed by atoms with Crippen molar-refractivity contribution in [2.75, 3.05) is 24.5 Å². The number of pyridine rings is 1. The van der Waals surface area contributed by atoms with E-state index in [0.29, 0.717) is 19.6 Å². The Morgan fingerprint density at radius 2 is 2.14 bits per heavy atom. The van der Waals surface area contributed by atoms with E-state index in [1.54, 1.807) is 0 Å². The van der Waals surface area contributed by atoms with Crippen molar-refractivity contribution in [3.8, 4) is 0 Å². The Morgan fingerprint density at radius 3 is 2.75 bits per heavy atom. The zero-order chi connectivity index (χ0) is 20.8. The second-order valence-corrected chi connectivity index (χ2v) is 9.61. The van der Waals surface area contributed by atoms with E-state index in [4.69, 9.17) is 23.2 Å². The van der Waals surface area contributed by atoms with Crippen LogP contribution in [0.3, 0.4) is 0 Å². The molecular weight excluding hydrogens is 474 g/mol. The van der Waals surface area contributed by atoms with Gasteiger partial charge in [-0.05, 0) is 33.8 Å². The molecule has 1 aromatic heterocycles. The number of piperazine rings is 1. The monoisotopic (exact) mass is 492 g/mol. The summed E-state index contributed by atoms with van der Waals surface area (Å²) in [5, 5.41) is 15.3. The Balaban J connectivity index is 2.33. The highest BCUT2D eigenvalue weighted by Crippen LogP contribution is 2.45. The van der Waals surface area contributed by atoms with Crippen molar-refractivity contribution in [1.29, 1.82) is 0 Å². The maximum atomic E-state index is 14.8. The van der Waals surface area contributed by atoms with Gasteiger partial charge in [0.1, 0.15) is 11.2 Å². The van der Waals surface area contributed by atoms with Crippen LogP contribution in [-0.2, 0) is 0 Å². The number of hydrogen-bond acceptors (Lipinski definition) is 5. The third-order valence-corrected chi connectivity index (χ3v) is 6.25. The molecule has 152 valence electrons. The Hall–Kier alpha value is -1.22. The van der Waals surface area contributed by atoms with Crippen LogP contribution in [0.5, 0.6) is 0 Å². The molecule has 28 heavy (non-hydrogen) atoms. The number of nitro groups is 1. The summed E-state index contributed by atoms with van der Waals surface area (Å²) < 4.78 is 14.9. The number of fused-ring (bicyclic) bond motifs is 1. The van der Waals surface area contributed by atoms with Gasteiger partial charge in [-0.25, -0.2) is 9.37 Å². The lowest BCUT2D eigenvalue weighted by molar-refractivity contribution is -0.384. The molecule has 1 N–H and O–H groups in total. The van der Waals surface area contributed by atoms with Gasteiger partial charge in [0.25, 0.3) is 0 Å². The Morgan fingerprint density at radius 1 is 1.46 bits per heavy atom. The fourth-order valence-corrected chi connectivity index (χ4v) is 4.39. The Labute approximate surface area is 180 Å². The summed E-state index contributed by atoms with van der Waals surface area (Å²) in [5.74, 6) is -0.692. The van der Waals surface area contributed by atoms with Crippen molar-refractivity contribution in [3.05, 3.63) is 36.6 Å². The molecule has 1 unspecified atom stereocenters. The summed E-state index contributed by atoms with van der Waals surface area (Å²) in [6.45, 7) is 8.15. The highest BCUT2D eigenvalue weighted by atomic mass is 79.9. The molecule has 1 aromatic carbocycles. The molecule has 6 nitrogen and oxygen atoms in total. The largest absolute Gasteiger partial charge is 0.360 e. The van der Waals surface area contributed by atoms with Crippen molar-refractivity contribution in [1.82, 2.24) is 10.3 Å². The lowest BCUT2D eigenvalue weighted by atomic mass is 9.86. The average Bonchev–Trinajstić information content (AvgIpc) is 2.59. The summed E-state index contributed by atoms with van der Waals surface area (Å²) >= 11 is 15.4. The van der Waals surface area contributed by atoms with Crippen LogP contribution >= 0.6 is 39.1 Å². The van der Waals surface area contributed by atoms with E-state index in [9.17, 15) is 14.5 Å². The second kappa shape index (κ2) is 7.89. The fourth-order valence-electron chi connectivity index (χ4n) is 3.65. The van der Waals surface area contributed by atoms with Crippen LogP contribution in [0, 0.1) is 21.3 Å². The van der Waals surface area contributed by atoms with E-state index in [0.717, 1.165) is 6.42 Å². The van der Waals surface area contributed by atoms with Crippen LogP contribution in [-0.4, -0.2) is 35.6 Å². The van der Waals surface area contributed by atoms with Gasteiger partial charge in [0.2, 0.25) is 5.15 Å². The smallest absolute Gasteiger partial charge is 0.330 e. The average molecular weight is 494 g/mol. The zero-order valence-electron chi connectivity index (χ0n) is 15.7. The quantitative estimate of drug-likeness (QED) is 0.262. The predicted octanol–water partition coefficient (Wildman–Crippen LogP) is 5.57. The third kappa shape index (κ3) is 4.06. The van der Waals surface area contributed by atoms with Gasteiger partial charge in [-0.3, -0.25) is 10.1 Å². The maximum Gasteiger partial charge on any atom is 0.330 e. The first-order chi connectivity index (χ1) is 13.0. The van der Waals surface area contributed by atoms with E-state index in [-0.39, 0.29) is 48.4 Å². The van der Waals surface area contributed by atoms with Crippen LogP contribution in [0.1, 0.15) is 27.2 Å². The minimum atomic E-state index is -0.692. The van der Waals surface area contributed by atoms with Crippen LogP contribution in [0.15, 0.2) is 10.5 Å². The molecule has 1 atom stereocenters. The molecule has 1 fully saturated rings. The number of hydrogen-bond donors (Lipinski definition) is 1. The van der Waals surface area contributed by atoms with Gasteiger partial charge < -0.3 is 10.2 Å². The predicted molar refractivity (Wildman–Crippen MR) is 114 cm³/mol. The summed E-state index contributed by atoms with van der Waals surface area (Å²) in [6.07, 6.45) is 0.783. The van der Waals surface area contributed by atoms with E-state index >= 15 is 0 Å². The van der Waals surface area contributed by atoms with Gasteiger partial charge in [0.15, 0.2) is 5.82 Å². The highest BCUT2D eigenvalue weighted by molar-refractivity contribution is 9.10. The molecule has 1 saturated heterocycles. The topological polar surface area (TPSA) is 71.3 Å². The SMILES string of the molecule is CC(C)(C)CC1CNCCN1c1c([N+](=O)[O-])c(Cl)nc2c(F)c(Br)c(Cl)cc12. The number of aromatic nitrogens is 1. The van der Waals surface area contributed by atoms with Crippen LogP contribution in [0.4, 0.5) is 15.8 Å². The summed E-state index contributed by atoms with van der Waals surface area (Å²) in [7, 11) is 0. The van der Waals surface area contributed by atoms with Gasteiger partial charge in [-0.1, -0.05) is 44.0 Å². The lowest BCUT2D eigenvalue weighted by Crippen LogP contribution is -2.53. The van der Waals surface area contributed by atoms with Gasteiger partial charge in [0.05, 0.1) is 14.4 Å². The second-order valence-electron chi connectivity index (χ2n) is 8.06. The summed E-state index contributed by atoms with van der Waals surface area (Å²) in [5.41, 5.74) is -0.110. The molecule has 1 aliphatic heterocycles. The van der Waals surface area contributed by atoms with E-state index in [1.165, 1.54) is 6.07 Å². The Bertz CT molecular complexity index is 952. The summed E-state index contributed by atoms with van der Waals surface area (Å²) in [4.78, 5) is 17.2. The van der Waals surface area contributed by atoms with Crippen molar-refractivity contribution in [2.45, 2.75) is 33.2 Å². The minimum Gasteiger partial charge on any atom is -0.360 e. The van der Waals surface area contributed by atoms with Gasteiger partial charge in [-0.2, -0.15) is 0 Å². The molecule has 0 saturated carbocycles. The van der Waals surface area contributed by atoms with Crippen molar-refractivity contribution < 1.29 is 9.31 Å². The zero-order valence-corrected chi connectivity index (χ0v) is 18.8. The molecule has 3 rings (SSSR count). The van der Waals surface area contributed by atoms with Gasteiger partial charge in [-0.15, -0.1) is 0 Å². The molecule has 0 amide bonds. The van der Waals surface area contributed by atoms with E-state index < -0.39 is 10.7 Å². The van der Waals surface area contributed by atoms with Gasteiger partial charge in [0, 0.05) is 31.1 Å². The number of benzene rings is 1. The van der Waals surface area contributed by atoms with Crippen LogP contribution in [0.2, 0.25) is 10.2 Å². The molecule has 0 radical (unpaired) electrons. The molecule has 2 heterocycles. The van der Waals surface area contributed by atoms with Crippen molar-refractivity contribution in [2.24, 2.45) is 5.41 Å². The summed E-state index contributed by atoms with van der Waals surface area (Å²) in [6, 6.07) is 1.48. The van der Waals surface area contributed by atoms with Crippen LogP contribution in [0.25, 0.3) is 10.9 Å². The van der Waals surface area contributed by atoms with Crippen molar-refractivity contribution in [3.63, 3.8) is 0 Å². The highest BCUT2D eigenvalue weighted by Gasteiger charge is 2.35. The molecule has 1 aliphatic rings.